The summed E-state index contributed by atoms with van der Waals surface area (Å²) in [6.07, 6.45) is 9.75. The minimum Gasteiger partial charge on any atom is -0.478 e. The van der Waals surface area contributed by atoms with E-state index in [1.807, 2.05) is 47.4 Å². The Bertz CT molecular complexity index is 1600. The van der Waals surface area contributed by atoms with Crippen molar-refractivity contribution >= 4 is 34.3 Å². The molecule has 0 amide bonds. The van der Waals surface area contributed by atoms with Gasteiger partial charge in [-0.05, 0) is 56.4 Å². The molecule has 7 heterocycles. The van der Waals surface area contributed by atoms with Crippen molar-refractivity contribution in [3.05, 3.63) is 60.0 Å². The summed E-state index contributed by atoms with van der Waals surface area (Å²) in [5.74, 6) is 2.38. The number of pyridine rings is 1. The summed E-state index contributed by atoms with van der Waals surface area (Å²) in [5, 5.41) is 5.09. The number of fused-ring (bicyclic) bond motifs is 3. The Morgan fingerprint density at radius 1 is 0.975 bits per heavy atom. The van der Waals surface area contributed by atoms with Crippen molar-refractivity contribution in [1.29, 1.82) is 0 Å². The molecule has 10 nitrogen and oxygen atoms in total. The zero-order valence-corrected chi connectivity index (χ0v) is 22.3. The molecule has 10 heteroatoms. The van der Waals surface area contributed by atoms with E-state index in [2.05, 4.69) is 20.9 Å². The molecule has 0 N–H and O–H groups in total. The second-order valence-corrected chi connectivity index (χ2v) is 11.1. The van der Waals surface area contributed by atoms with Gasteiger partial charge in [0.15, 0.2) is 28.8 Å². The van der Waals surface area contributed by atoms with Crippen molar-refractivity contribution in [2.75, 3.05) is 36.0 Å². The number of carbonyl (C=O) groups is 1. The number of ether oxygens (including phenoxy) is 2. The van der Waals surface area contributed by atoms with E-state index in [1.54, 1.807) is 0 Å². The number of hydrogen-bond acceptors (Lipinski definition) is 9. The molecule has 3 aromatic heterocycles. The Labute approximate surface area is 231 Å². The molecule has 1 spiro atoms. The number of aryl methyl sites for hydroxylation is 1. The molecular formula is C30H31N7O3. The number of Topliss-reactive ketones (excluding diaryl/α,β-unsaturated/α-hetero) is 1. The molecule has 1 atom stereocenters. The molecule has 8 rings (SSSR count). The zero-order valence-electron chi connectivity index (χ0n) is 22.3. The SMILES string of the molecule is O=C1c2ccccc2OC12CCN(c1cnc3c(N4CCCc5ncccc54)nn(C4CCCCO4)c3n1)CC2. The third-order valence-corrected chi connectivity index (χ3v) is 8.75. The quantitative estimate of drug-likeness (QED) is 0.371. The highest BCUT2D eigenvalue weighted by Gasteiger charge is 2.49. The molecule has 0 radical (unpaired) electrons. The maximum absolute atomic E-state index is 13.2. The largest absolute Gasteiger partial charge is 0.478 e. The Balaban J connectivity index is 1.13. The molecule has 4 aliphatic rings. The second kappa shape index (κ2) is 9.26. The van der Waals surface area contributed by atoms with Gasteiger partial charge < -0.3 is 19.3 Å². The lowest BCUT2D eigenvalue weighted by atomic mass is 9.86. The van der Waals surface area contributed by atoms with Crippen LogP contribution in [0.5, 0.6) is 5.75 Å². The average Bonchev–Trinajstić information content (AvgIpc) is 3.52. The predicted octanol–water partition coefficient (Wildman–Crippen LogP) is 4.62. The molecule has 0 aliphatic carbocycles. The minimum absolute atomic E-state index is 0.0951. The van der Waals surface area contributed by atoms with Gasteiger partial charge in [0, 0.05) is 45.3 Å². The normalized spacial score (nSPS) is 21.9. The first-order valence-electron chi connectivity index (χ1n) is 14.4. The summed E-state index contributed by atoms with van der Waals surface area (Å²) in [6, 6.07) is 11.6. The van der Waals surface area contributed by atoms with Crippen LogP contribution < -0.4 is 14.5 Å². The van der Waals surface area contributed by atoms with Crippen molar-refractivity contribution in [1.82, 2.24) is 24.7 Å². The lowest BCUT2D eigenvalue weighted by molar-refractivity contribution is -0.0368. The highest BCUT2D eigenvalue weighted by molar-refractivity contribution is 6.07. The van der Waals surface area contributed by atoms with Gasteiger partial charge in [0.2, 0.25) is 5.78 Å². The van der Waals surface area contributed by atoms with Crippen LogP contribution in [0.15, 0.2) is 48.8 Å². The molecule has 40 heavy (non-hydrogen) atoms. The van der Waals surface area contributed by atoms with Crippen LogP contribution in [0.4, 0.5) is 17.3 Å². The standard InChI is InChI=1S/C30H31N7O3/c38-27-20-7-1-2-10-23(20)40-30(27)12-16-35(17-13-30)24-19-32-26-28(33-24)37(25-11-3-4-18-39-25)34-29(26)36-15-6-8-21-22(36)9-5-14-31-21/h1-2,5,7,9-10,14,19,25H,3-4,6,8,11-13,15-18H2. The van der Waals surface area contributed by atoms with Gasteiger partial charge in [-0.1, -0.05) is 12.1 Å². The van der Waals surface area contributed by atoms with Crippen molar-refractivity contribution in [2.45, 2.75) is 56.8 Å². The van der Waals surface area contributed by atoms with E-state index in [9.17, 15) is 4.79 Å². The Morgan fingerprint density at radius 2 is 1.88 bits per heavy atom. The van der Waals surface area contributed by atoms with Crippen LogP contribution in [0, 0.1) is 0 Å². The summed E-state index contributed by atoms with van der Waals surface area (Å²) >= 11 is 0. The van der Waals surface area contributed by atoms with Crippen LogP contribution in [0.1, 0.15) is 60.8 Å². The molecule has 204 valence electrons. The number of ketones is 1. The summed E-state index contributed by atoms with van der Waals surface area (Å²) in [7, 11) is 0. The van der Waals surface area contributed by atoms with Gasteiger partial charge in [-0.3, -0.25) is 9.78 Å². The second-order valence-electron chi connectivity index (χ2n) is 11.1. The zero-order chi connectivity index (χ0) is 26.7. The average molecular weight is 538 g/mol. The van der Waals surface area contributed by atoms with Crippen molar-refractivity contribution < 1.29 is 14.3 Å². The van der Waals surface area contributed by atoms with Crippen LogP contribution >= 0.6 is 0 Å². The summed E-state index contributed by atoms with van der Waals surface area (Å²) in [4.78, 5) is 32.4. The fraction of sp³-hybridized carbons (Fsp3) is 0.433. The van der Waals surface area contributed by atoms with E-state index >= 15 is 0 Å². The van der Waals surface area contributed by atoms with Gasteiger partial charge in [-0.2, -0.15) is 0 Å². The van der Waals surface area contributed by atoms with Crippen LogP contribution in [0.3, 0.4) is 0 Å². The first kappa shape index (κ1) is 23.8. The Kier molecular flexibility index (Phi) is 5.51. The van der Waals surface area contributed by atoms with Gasteiger partial charge >= 0.3 is 0 Å². The van der Waals surface area contributed by atoms with Crippen molar-refractivity contribution in [3.8, 4) is 5.75 Å². The van der Waals surface area contributed by atoms with E-state index < -0.39 is 5.60 Å². The fourth-order valence-corrected chi connectivity index (χ4v) is 6.62. The van der Waals surface area contributed by atoms with Gasteiger partial charge in [-0.15, -0.1) is 5.10 Å². The predicted molar refractivity (Wildman–Crippen MR) is 149 cm³/mol. The number of anilines is 3. The van der Waals surface area contributed by atoms with Gasteiger partial charge in [-0.25, -0.2) is 14.6 Å². The summed E-state index contributed by atoms with van der Waals surface area (Å²) < 4.78 is 14.4. The van der Waals surface area contributed by atoms with Crippen LogP contribution in [-0.4, -0.2) is 62.4 Å². The van der Waals surface area contributed by atoms with Crippen LogP contribution in [0.2, 0.25) is 0 Å². The van der Waals surface area contributed by atoms with Gasteiger partial charge in [0.1, 0.15) is 11.6 Å². The molecule has 2 fully saturated rings. The number of benzene rings is 1. The molecule has 1 unspecified atom stereocenters. The molecule has 2 saturated heterocycles. The van der Waals surface area contributed by atoms with Crippen molar-refractivity contribution in [3.63, 3.8) is 0 Å². The lowest BCUT2D eigenvalue weighted by Gasteiger charge is -2.37. The molecule has 4 aromatic rings. The van der Waals surface area contributed by atoms with E-state index in [0.717, 1.165) is 79.4 Å². The molecule has 0 bridgehead atoms. The topological polar surface area (TPSA) is 98.5 Å². The minimum atomic E-state index is -0.779. The summed E-state index contributed by atoms with van der Waals surface area (Å²) in [5.41, 5.74) is 3.58. The van der Waals surface area contributed by atoms with Gasteiger partial charge in [0.25, 0.3) is 0 Å². The number of nitrogens with zero attached hydrogens (tertiary/aromatic N) is 7. The summed E-state index contributed by atoms with van der Waals surface area (Å²) in [6.45, 7) is 2.89. The Hall–Kier alpha value is -4.05. The first-order chi connectivity index (χ1) is 19.7. The number of aromatic nitrogens is 5. The third kappa shape index (κ3) is 3.69. The maximum atomic E-state index is 13.2. The van der Waals surface area contributed by atoms with E-state index in [1.165, 1.54) is 0 Å². The number of piperidine rings is 1. The number of rotatable bonds is 3. The Morgan fingerprint density at radius 3 is 2.73 bits per heavy atom. The van der Waals surface area contributed by atoms with E-state index in [-0.39, 0.29) is 12.0 Å². The highest BCUT2D eigenvalue weighted by atomic mass is 16.5. The highest BCUT2D eigenvalue weighted by Crippen LogP contribution is 2.42. The van der Waals surface area contributed by atoms with E-state index in [0.29, 0.717) is 37.2 Å². The molecular weight excluding hydrogens is 506 g/mol. The van der Waals surface area contributed by atoms with Crippen LogP contribution in [-0.2, 0) is 11.2 Å². The maximum Gasteiger partial charge on any atom is 0.210 e. The number of hydrogen-bond donors (Lipinski definition) is 0. The van der Waals surface area contributed by atoms with E-state index in [4.69, 9.17) is 24.5 Å². The van der Waals surface area contributed by atoms with Gasteiger partial charge in [0.05, 0.1) is 23.1 Å². The van der Waals surface area contributed by atoms with Crippen LogP contribution in [0.25, 0.3) is 11.2 Å². The number of carbonyl (C=O) groups excluding carboxylic acids is 1. The molecule has 1 aromatic carbocycles. The molecule has 0 saturated carbocycles. The fourth-order valence-electron chi connectivity index (χ4n) is 6.62. The smallest absolute Gasteiger partial charge is 0.210 e. The monoisotopic (exact) mass is 537 g/mol. The number of para-hydroxylation sites is 1. The molecule has 4 aliphatic heterocycles. The third-order valence-electron chi connectivity index (χ3n) is 8.75. The first-order valence-corrected chi connectivity index (χ1v) is 14.4. The lowest BCUT2D eigenvalue weighted by Crippen LogP contribution is -2.50. The van der Waals surface area contributed by atoms with Crippen molar-refractivity contribution in [2.24, 2.45) is 0 Å².